The number of ether oxygens (including phenoxy) is 2. The fourth-order valence-corrected chi connectivity index (χ4v) is 2.56. The summed E-state index contributed by atoms with van der Waals surface area (Å²) in [6.07, 6.45) is 0. The Morgan fingerprint density at radius 3 is 2.91 bits per heavy atom. The maximum absolute atomic E-state index is 11.8. The Hall–Kier alpha value is -2.67. The van der Waals surface area contributed by atoms with E-state index >= 15 is 0 Å². The predicted octanol–water partition coefficient (Wildman–Crippen LogP) is 3.55. The Morgan fingerprint density at radius 2 is 2.13 bits per heavy atom. The summed E-state index contributed by atoms with van der Waals surface area (Å²) in [7, 11) is 0. The first-order valence-electron chi connectivity index (χ1n) is 7.03. The second-order valence-electron chi connectivity index (χ2n) is 4.49. The van der Waals surface area contributed by atoms with E-state index in [-0.39, 0.29) is 12.5 Å². The van der Waals surface area contributed by atoms with Crippen molar-refractivity contribution in [1.29, 1.82) is 0 Å². The van der Waals surface area contributed by atoms with Gasteiger partial charge < -0.3 is 14.0 Å². The van der Waals surface area contributed by atoms with E-state index in [0.29, 0.717) is 23.1 Å². The lowest BCUT2D eigenvalue weighted by atomic mass is 10.2. The van der Waals surface area contributed by atoms with E-state index in [9.17, 15) is 4.79 Å². The van der Waals surface area contributed by atoms with Gasteiger partial charge in [-0.1, -0.05) is 23.4 Å². The van der Waals surface area contributed by atoms with Crippen molar-refractivity contribution in [3.63, 3.8) is 0 Å². The summed E-state index contributed by atoms with van der Waals surface area (Å²) in [5.41, 5.74) is 0.730. The van der Waals surface area contributed by atoms with Gasteiger partial charge in [0.15, 0.2) is 6.61 Å². The lowest BCUT2D eigenvalue weighted by Crippen LogP contribution is -2.03. The average molecular weight is 330 g/mol. The topological polar surface area (TPSA) is 74.5 Å². The van der Waals surface area contributed by atoms with Crippen molar-refractivity contribution in [2.24, 2.45) is 0 Å². The fourth-order valence-electron chi connectivity index (χ4n) is 1.95. The third-order valence-corrected chi connectivity index (χ3v) is 3.79. The Bertz CT molecular complexity index is 783. The standard InChI is InChI=1S/C16H14N2O4S/c1-2-20-12-7-4-3-6-11(12)15-17-14(22-18-15)10-21-16(19)13-8-5-9-23-13/h3-9H,2,10H2,1H3. The molecule has 0 spiro atoms. The van der Waals surface area contributed by atoms with Crippen molar-refractivity contribution in [3.05, 3.63) is 52.5 Å². The summed E-state index contributed by atoms with van der Waals surface area (Å²) in [6, 6.07) is 10.9. The number of carbonyl (C=O) groups excluding carboxylic acids is 1. The second kappa shape index (κ2) is 7.06. The number of para-hydroxylation sites is 1. The molecule has 3 aromatic rings. The molecule has 0 aliphatic rings. The average Bonchev–Trinajstić information content (AvgIpc) is 3.25. The molecular weight excluding hydrogens is 316 g/mol. The lowest BCUT2D eigenvalue weighted by molar-refractivity contribution is 0.0435. The summed E-state index contributed by atoms with van der Waals surface area (Å²) in [5, 5.41) is 5.73. The highest BCUT2D eigenvalue weighted by Crippen LogP contribution is 2.27. The summed E-state index contributed by atoms with van der Waals surface area (Å²) in [6.45, 7) is 2.38. The number of hydrogen-bond donors (Lipinski definition) is 0. The largest absolute Gasteiger partial charge is 0.493 e. The maximum Gasteiger partial charge on any atom is 0.348 e. The number of rotatable bonds is 6. The molecule has 2 aromatic heterocycles. The molecule has 0 atom stereocenters. The van der Waals surface area contributed by atoms with Crippen LogP contribution in [0.5, 0.6) is 5.75 Å². The van der Waals surface area contributed by atoms with E-state index in [1.165, 1.54) is 11.3 Å². The van der Waals surface area contributed by atoms with E-state index < -0.39 is 5.97 Å². The molecule has 7 heteroatoms. The Labute approximate surface area is 136 Å². The van der Waals surface area contributed by atoms with E-state index in [1.807, 2.05) is 36.6 Å². The molecule has 1 aromatic carbocycles. The predicted molar refractivity (Wildman–Crippen MR) is 84.3 cm³/mol. The molecule has 0 amide bonds. The van der Waals surface area contributed by atoms with Crippen LogP contribution >= 0.6 is 11.3 Å². The van der Waals surface area contributed by atoms with Crippen molar-refractivity contribution in [1.82, 2.24) is 10.1 Å². The van der Waals surface area contributed by atoms with Gasteiger partial charge in [-0.25, -0.2) is 4.79 Å². The van der Waals surface area contributed by atoms with Crippen molar-refractivity contribution in [2.45, 2.75) is 13.5 Å². The van der Waals surface area contributed by atoms with Crippen molar-refractivity contribution in [2.75, 3.05) is 6.61 Å². The molecule has 2 heterocycles. The van der Waals surface area contributed by atoms with E-state index in [1.54, 1.807) is 12.1 Å². The van der Waals surface area contributed by atoms with Crippen LogP contribution in [0.15, 0.2) is 46.3 Å². The third kappa shape index (κ3) is 3.57. The van der Waals surface area contributed by atoms with Crippen LogP contribution in [0.1, 0.15) is 22.5 Å². The first-order chi connectivity index (χ1) is 11.3. The molecule has 0 N–H and O–H groups in total. The molecule has 0 bridgehead atoms. The van der Waals surface area contributed by atoms with Gasteiger partial charge in [0.1, 0.15) is 10.6 Å². The lowest BCUT2D eigenvalue weighted by Gasteiger charge is -2.05. The molecule has 23 heavy (non-hydrogen) atoms. The zero-order chi connectivity index (χ0) is 16.1. The summed E-state index contributed by atoms with van der Waals surface area (Å²) < 4.78 is 15.8. The van der Waals surface area contributed by atoms with Gasteiger partial charge in [-0.2, -0.15) is 4.98 Å². The number of benzene rings is 1. The summed E-state index contributed by atoms with van der Waals surface area (Å²) in [4.78, 5) is 16.6. The molecule has 0 radical (unpaired) electrons. The van der Waals surface area contributed by atoms with Crippen molar-refractivity contribution >= 4 is 17.3 Å². The molecule has 0 unspecified atom stereocenters. The molecule has 3 rings (SSSR count). The van der Waals surface area contributed by atoms with Gasteiger partial charge in [0.2, 0.25) is 5.82 Å². The van der Waals surface area contributed by atoms with Gasteiger partial charge in [0, 0.05) is 0 Å². The monoisotopic (exact) mass is 330 g/mol. The number of nitrogens with zero attached hydrogens (tertiary/aromatic N) is 2. The first-order valence-corrected chi connectivity index (χ1v) is 7.91. The normalized spacial score (nSPS) is 10.5. The highest BCUT2D eigenvalue weighted by Gasteiger charge is 2.15. The van der Waals surface area contributed by atoms with Crippen LogP contribution in [0.4, 0.5) is 0 Å². The molecule has 6 nitrogen and oxygen atoms in total. The second-order valence-corrected chi connectivity index (χ2v) is 5.44. The van der Waals surface area contributed by atoms with E-state index in [0.717, 1.165) is 5.56 Å². The number of carbonyl (C=O) groups is 1. The zero-order valence-electron chi connectivity index (χ0n) is 12.4. The van der Waals surface area contributed by atoms with Gasteiger partial charge >= 0.3 is 5.97 Å². The van der Waals surface area contributed by atoms with Crippen LogP contribution in [0.25, 0.3) is 11.4 Å². The minimum Gasteiger partial charge on any atom is -0.493 e. The smallest absolute Gasteiger partial charge is 0.348 e. The fraction of sp³-hybridized carbons (Fsp3) is 0.188. The summed E-state index contributed by atoms with van der Waals surface area (Å²) >= 11 is 1.32. The van der Waals surface area contributed by atoms with E-state index in [4.69, 9.17) is 14.0 Å². The van der Waals surface area contributed by atoms with Crippen LogP contribution in [-0.4, -0.2) is 22.7 Å². The Balaban J connectivity index is 1.70. The summed E-state index contributed by atoms with van der Waals surface area (Å²) in [5.74, 6) is 0.903. The third-order valence-electron chi connectivity index (χ3n) is 2.94. The SMILES string of the molecule is CCOc1ccccc1-c1noc(COC(=O)c2cccs2)n1. The molecule has 0 saturated carbocycles. The van der Waals surface area contributed by atoms with Gasteiger partial charge in [0.05, 0.1) is 12.2 Å². The number of esters is 1. The van der Waals surface area contributed by atoms with Crippen LogP contribution in [0.2, 0.25) is 0 Å². The minimum absolute atomic E-state index is 0.0689. The Morgan fingerprint density at radius 1 is 1.26 bits per heavy atom. The van der Waals surface area contributed by atoms with Gasteiger partial charge in [0.25, 0.3) is 5.89 Å². The maximum atomic E-state index is 11.8. The van der Waals surface area contributed by atoms with Crippen LogP contribution in [-0.2, 0) is 11.3 Å². The van der Waals surface area contributed by atoms with Crippen LogP contribution in [0.3, 0.4) is 0 Å². The molecule has 0 aliphatic heterocycles. The minimum atomic E-state index is -0.408. The molecule has 118 valence electrons. The molecule has 0 fully saturated rings. The van der Waals surface area contributed by atoms with Crippen LogP contribution in [0, 0.1) is 0 Å². The quantitative estimate of drug-likeness (QED) is 0.643. The molecule has 0 aliphatic carbocycles. The number of hydrogen-bond acceptors (Lipinski definition) is 7. The van der Waals surface area contributed by atoms with Crippen molar-refractivity contribution in [3.8, 4) is 17.1 Å². The van der Waals surface area contributed by atoms with Gasteiger partial charge in [-0.3, -0.25) is 0 Å². The first kappa shape index (κ1) is 15.2. The van der Waals surface area contributed by atoms with Crippen LogP contribution < -0.4 is 4.74 Å². The number of thiophene rings is 1. The van der Waals surface area contributed by atoms with E-state index in [2.05, 4.69) is 10.1 Å². The number of aromatic nitrogens is 2. The molecular formula is C16H14N2O4S. The van der Waals surface area contributed by atoms with Gasteiger partial charge in [-0.15, -0.1) is 11.3 Å². The zero-order valence-corrected chi connectivity index (χ0v) is 13.2. The van der Waals surface area contributed by atoms with Gasteiger partial charge in [-0.05, 0) is 30.5 Å². The molecule has 0 saturated heterocycles. The Kier molecular flexibility index (Phi) is 4.68. The highest BCUT2D eigenvalue weighted by molar-refractivity contribution is 7.11. The van der Waals surface area contributed by atoms with Crippen molar-refractivity contribution < 1.29 is 18.8 Å². The highest BCUT2D eigenvalue weighted by atomic mass is 32.1.